The molecule has 1 N–H and O–H groups in total. The minimum absolute atomic E-state index is 0.0896. The van der Waals surface area contributed by atoms with E-state index in [9.17, 15) is 5.11 Å². The molecule has 0 radical (unpaired) electrons. The van der Waals surface area contributed by atoms with Crippen LogP contribution < -0.4 is 4.74 Å². The molecule has 0 amide bonds. The number of rotatable bonds is 8. The first kappa shape index (κ1) is 17.2. The van der Waals surface area contributed by atoms with E-state index in [1.165, 1.54) is 0 Å². The smallest absolute Gasteiger partial charge is 0.168 e. The molecule has 1 fully saturated rings. The standard InChI is InChI=1S/C17H26O5/c1-4-17(5-2)21-12-16(22-17)15(10-18)20-11-13-6-8-14(19-3)9-7-13/h6-9,15-16,18H,4-5,10-12H2,1-3H3/t15-,16-/m0/s1. The van der Waals surface area contributed by atoms with Crippen molar-refractivity contribution >= 4 is 0 Å². The first-order valence-electron chi connectivity index (χ1n) is 7.83. The molecule has 124 valence electrons. The third-order valence-corrected chi connectivity index (χ3v) is 4.17. The van der Waals surface area contributed by atoms with Gasteiger partial charge >= 0.3 is 0 Å². The highest BCUT2D eigenvalue weighted by Crippen LogP contribution is 2.32. The van der Waals surface area contributed by atoms with Gasteiger partial charge in [0.05, 0.1) is 26.9 Å². The van der Waals surface area contributed by atoms with E-state index >= 15 is 0 Å². The summed E-state index contributed by atoms with van der Waals surface area (Å²) in [5.41, 5.74) is 1.02. The molecule has 0 unspecified atom stereocenters. The maximum absolute atomic E-state index is 9.58. The molecule has 0 bridgehead atoms. The quantitative estimate of drug-likeness (QED) is 0.799. The van der Waals surface area contributed by atoms with Crippen LogP contribution in [0.2, 0.25) is 0 Å². The Morgan fingerprint density at radius 2 is 1.95 bits per heavy atom. The monoisotopic (exact) mass is 310 g/mol. The Morgan fingerprint density at radius 3 is 2.45 bits per heavy atom. The Labute approximate surface area is 132 Å². The van der Waals surface area contributed by atoms with E-state index in [0.717, 1.165) is 24.2 Å². The molecule has 0 spiro atoms. The second kappa shape index (κ2) is 7.92. The topological polar surface area (TPSA) is 57.2 Å². The Hall–Kier alpha value is -1.14. The molecule has 1 saturated heterocycles. The minimum Gasteiger partial charge on any atom is -0.497 e. The van der Waals surface area contributed by atoms with Gasteiger partial charge in [0, 0.05) is 0 Å². The van der Waals surface area contributed by atoms with Crippen LogP contribution in [0.4, 0.5) is 0 Å². The number of benzene rings is 1. The van der Waals surface area contributed by atoms with Crippen LogP contribution in [0.5, 0.6) is 5.75 Å². The summed E-state index contributed by atoms with van der Waals surface area (Å²) in [7, 11) is 1.64. The second-order valence-corrected chi connectivity index (χ2v) is 5.47. The molecule has 1 aromatic rings. The van der Waals surface area contributed by atoms with Crippen LogP contribution in [-0.2, 0) is 20.8 Å². The second-order valence-electron chi connectivity index (χ2n) is 5.47. The number of aliphatic hydroxyl groups excluding tert-OH is 1. The van der Waals surface area contributed by atoms with Crippen LogP contribution in [0.1, 0.15) is 32.3 Å². The molecule has 2 atom stereocenters. The third-order valence-electron chi connectivity index (χ3n) is 4.17. The van der Waals surface area contributed by atoms with Gasteiger partial charge in [0.15, 0.2) is 5.79 Å². The van der Waals surface area contributed by atoms with Crippen molar-refractivity contribution in [2.75, 3.05) is 20.3 Å². The van der Waals surface area contributed by atoms with Crippen LogP contribution in [0.25, 0.3) is 0 Å². The predicted octanol–water partition coefficient (Wildman–Crippen LogP) is 2.50. The summed E-state index contributed by atoms with van der Waals surface area (Å²) >= 11 is 0. The predicted molar refractivity (Wildman–Crippen MR) is 82.8 cm³/mol. The summed E-state index contributed by atoms with van der Waals surface area (Å²) in [5.74, 6) is 0.285. The molecule has 1 aromatic carbocycles. The van der Waals surface area contributed by atoms with Gasteiger partial charge in [-0.15, -0.1) is 0 Å². The van der Waals surface area contributed by atoms with Crippen LogP contribution >= 0.6 is 0 Å². The number of hydrogen-bond donors (Lipinski definition) is 1. The average Bonchev–Trinajstić information content (AvgIpc) is 3.01. The number of ether oxygens (including phenoxy) is 4. The lowest BCUT2D eigenvalue weighted by Gasteiger charge is -2.27. The van der Waals surface area contributed by atoms with Crippen molar-refractivity contribution in [1.29, 1.82) is 0 Å². The number of hydrogen-bond acceptors (Lipinski definition) is 5. The molecule has 5 nitrogen and oxygen atoms in total. The average molecular weight is 310 g/mol. The number of aliphatic hydroxyl groups is 1. The van der Waals surface area contributed by atoms with Crippen molar-refractivity contribution in [2.24, 2.45) is 0 Å². The van der Waals surface area contributed by atoms with Crippen molar-refractivity contribution in [3.63, 3.8) is 0 Å². The largest absolute Gasteiger partial charge is 0.497 e. The maximum atomic E-state index is 9.58. The SMILES string of the molecule is CCC1(CC)OC[C@@H]([C@H](CO)OCc2ccc(OC)cc2)O1. The lowest BCUT2D eigenvalue weighted by Crippen LogP contribution is -2.37. The van der Waals surface area contributed by atoms with Gasteiger partial charge in [-0.2, -0.15) is 0 Å². The molecule has 22 heavy (non-hydrogen) atoms. The van der Waals surface area contributed by atoms with E-state index in [0.29, 0.717) is 13.2 Å². The van der Waals surface area contributed by atoms with Crippen LogP contribution in [-0.4, -0.2) is 43.4 Å². The van der Waals surface area contributed by atoms with Gasteiger partial charge in [-0.3, -0.25) is 0 Å². The van der Waals surface area contributed by atoms with E-state index in [-0.39, 0.29) is 18.8 Å². The lowest BCUT2D eigenvalue weighted by atomic mass is 10.1. The van der Waals surface area contributed by atoms with E-state index in [1.807, 2.05) is 38.1 Å². The van der Waals surface area contributed by atoms with Crippen molar-refractivity contribution in [3.05, 3.63) is 29.8 Å². The molecule has 1 heterocycles. The number of methoxy groups -OCH3 is 1. The Bertz CT molecular complexity index is 441. The molecular formula is C17H26O5. The maximum Gasteiger partial charge on any atom is 0.168 e. The summed E-state index contributed by atoms with van der Waals surface area (Å²) in [6.07, 6.45) is 0.956. The van der Waals surface area contributed by atoms with E-state index in [1.54, 1.807) is 7.11 Å². The van der Waals surface area contributed by atoms with Gasteiger partial charge in [0.25, 0.3) is 0 Å². The van der Waals surface area contributed by atoms with Crippen LogP contribution in [0, 0.1) is 0 Å². The zero-order valence-electron chi connectivity index (χ0n) is 13.6. The highest BCUT2D eigenvalue weighted by Gasteiger charge is 2.42. The zero-order chi connectivity index (χ0) is 16.0. The van der Waals surface area contributed by atoms with Crippen molar-refractivity contribution < 1.29 is 24.1 Å². The normalized spacial score (nSPS) is 21.7. The molecule has 1 aliphatic rings. The Morgan fingerprint density at radius 1 is 1.27 bits per heavy atom. The zero-order valence-corrected chi connectivity index (χ0v) is 13.6. The van der Waals surface area contributed by atoms with Gasteiger partial charge in [-0.25, -0.2) is 0 Å². The first-order valence-corrected chi connectivity index (χ1v) is 7.83. The lowest BCUT2D eigenvalue weighted by molar-refractivity contribution is -0.188. The fourth-order valence-corrected chi connectivity index (χ4v) is 2.58. The Kier molecular flexibility index (Phi) is 6.20. The molecule has 0 aliphatic carbocycles. The summed E-state index contributed by atoms with van der Waals surface area (Å²) < 4.78 is 22.7. The molecule has 0 aromatic heterocycles. The summed E-state index contributed by atoms with van der Waals surface area (Å²) in [6, 6.07) is 7.67. The highest BCUT2D eigenvalue weighted by molar-refractivity contribution is 5.26. The van der Waals surface area contributed by atoms with Gasteiger partial charge in [-0.1, -0.05) is 26.0 Å². The minimum atomic E-state index is -0.526. The molecule has 1 aliphatic heterocycles. The molecule has 0 saturated carbocycles. The summed E-state index contributed by atoms with van der Waals surface area (Å²) in [4.78, 5) is 0. The van der Waals surface area contributed by atoms with Gasteiger partial charge in [0.2, 0.25) is 0 Å². The molecule has 2 rings (SSSR count). The fraction of sp³-hybridized carbons (Fsp3) is 0.647. The summed E-state index contributed by atoms with van der Waals surface area (Å²) in [6.45, 7) is 4.86. The highest BCUT2D eigenvalue weighted by atomic mass is 16.8. The van der Waals surface area contributed by atoms with Crippen molar-refractivity contribution in [1.82, 2.24) is 0 Å². The van der Waals surface area contributed by atoms with Crippen molar-refractivity contribution in [2.45, 2.75) is 51.3 Å². The van der Waals surface area contributed by atoms with Gasteiger partial charge in [-0.05, 0) is 30.5 Å². The van der Waals surface area contributed by atoms with Crippen molar-refractivity contribution in [3.8, 4) is 5.75 Å². The summed E-state index contributed by atoms with van der Waals surface area (Å²) in [5, 5.41) is 9.58. The fourth-order valence-electron chi connectivity index (χ4n) is 2.58. The van der Waals surface area contributed by atoms with Crippen LogP contribution in [0.3, 0.4) is 0 Å². The van der Waals surface area contributed by atoms with E-state index in [2.05, 4.69) is 0 Å². The molecular weight excluding hydrogens is 284 g/mol. The van der Waals surface area contributed by atoms with Gasteiger partial charge < -0.3 is 24.1 Å². The van der Waals surface area contributed by atoms with E-state index in [4.69, 9.17) is 18.9 Å². The van der Waals surface area contributed by atoms with Gasteiger partial charge in [0.1, 0.15) is 18.0 Å². The Balaban J connectivity index is 1.89. The van der Waals surface area contributed by atoms with Crippen LogP contribution in [0.15, 0.2) is 24.3 Å². The van der Waals surface area contributed by atoms with E-state index < -0.39 is 5.79 Å². The third kappa shape index (κ3) is 3.98. The first-order chi connectivity index (χ1) is 10.7. The molecule has 5 heteroatoms.